The van der Waals surface area contributed by atoms with Gasteiger partial charge < -0.3 is 5.11 Å². The minimum Gasteiger partial charge on any atom is -0.503 e. The number of aromatic nitrogens is 1. The van der Waals surface area contributed by atoms with E-state index in [1.807, 2.05) is 0 Å². The van der Waals surface area contributed by atoms with E-state index in [0.29, 0.717) is 34.6 Å². The molecule has 1 N–H and O–H groups in total. The third kappa shape index (κ3) is 2.82. The zero-order valence-electron chi connectivity index (χ0n) is 18.1. The highest BCUT2D eigenvalue weighted by Gasteiger charge is 2.57. The third-order valence-corrected chi connectivity index (χ3v) is 8.25. The van der Waals surface area contributed by atoms with E-state index in [1.54, 1.807) is 24.1 Å². The summed E-state index contributed by atoms with van der Waals surface area (Å²) >= 11 is 1.09. The zero-order chi connectivity index (χ0) is 23.9. The van der Waals surface area contributed by atoms with Crippen molar-refractivity contribution in [3.8, 4) is 5.75 Å². The first-order chi connectivity index (χ1) is 16.2. The summed E-state index contributed by atoms with van der Waals surface area (Å²) in [5, 5.41) is 12.4. The molecule has 1 atom stereocenters. The first kappa shape index (κ1) is 21.3. The molecular formula is C25H19F3N2O3S. The van der Waals surface area contributed by atoms with Crippen molar-refractivity contribution in [1.29, 1.82) is 0 Å². The van der Waals surface area contributed by atoms with Crippen LogP contribution in [-0.4, -0.2) is 22.1 Å². The zero-order valence-corrected chi connectivity index (χ0v) is 18.9. The maximum Gasteiger partial charge on any atom is 0.224 e. The number of fused-ring (bicyclic) bond motifs is 3. The molecule has 3 aromatic rings. The standard InChI is InChI=1S/C25H19F3N2O3S/c1-12-9-18(31)22(32)21-24(33)25(7-8-25)11-29(30(12)21)20-13-5-6-16(26)19(28)15(13)10-34-23-14(20)3-2-4-17(23)27/h2-6,9,20,32H,7-8,10-11H2,1H3. The quantitative estimate of drug-likeness (QED) is 0.548. The second kappa shape index (κ2) is 7.15. The monoisotopic (exact) mass is 484 g/mol. The van der Waals surface area contributed by atoms with Gasteiger partial charge in [-0.1, -0.05) is 18.2 Å². The number of aromatic hydroxyl groups is 1. The van der Waals surface area contributed by atoms with Crippen LogP contribution >= 0.6 is 11.8 Å². The predicted molar refractivity (Wildman–Crippen MR) is 120 cm³/mol. The number of carbonyl (C=O) groups excluding carboxylic acids is 1. The van der Waals surface area contributed by atoms with Gasteiger partial charge in [0.25, 0.3) is 0 Å². The molecular weight excluding hydrogens is 465 g/mol. The van der Waals surface area contributed by atoms with Gasteiger partial charge in [-0.15, -0.1) is 11.8 Å². The van der Waals surface area contributed by atoms with Crippen molar-refractivity contribution in [2.75, 3.05) is 11.6 Å². The van der Waals surface area contributed by atoms with Gasteiger partial charge in [0.2, 0.25) is 5.43 Å². The van der Waals surface area contributed by atoms with E-state index in [1.165, 1.54) is 22.9 Å². The Morgan fingerprint density at radius 1 is 1.06 bits per heavy atom. The molecule has 6 rings (SSSR count). The summed E-state index contributed by atoms with van der Waals surface area (Å²) < 4.78 is 45.7. The minimum atomic E-state index is -0.991. The van der Waals surface area contributed by atoms with Crippen molar-refractivity contribution >= 4 is 17.5 Å². The van der Waals surface area contributed by atoms with Crippen molar-refractivity contribution in [2.45, 2.75) is 36.5 Å². The number of hydrogen-bond donors (Lipinski definition) is 1. The number of Topliss-reactive ketones (excluding diaryl/α,β-unsaturated/α-hetero) is 1. The van der Waals surface area contributed by atoms with Crippen LogP contribution in [0.15, 0.2) is 46.1 Å². The van der Waals surface area contributed by atoms with Gasteiger partial charge in [-0.25, -0.2) is 13.2 Å². The highest BCUT2D eigenvalue weighted by Crippen LogP contribution is 2.54. The normalized spacial score (nSPS) is 19.9. The van der Waals surface area contributed by atoms with Crippen LogP contribution in [0.3, 0.4) is 0 Å². The Bertz CT molecular complexity index is 1460. The number of rotatable bonds is 1. The minimum absolute atomic E-state index is 0.0303. The Morgan fingerprint density at radius 2 is 1.82 bits per heavy atom. The van der Waals surface area contributed by atoms with Gasteiger partial charge in [0.15, 0.2) is 28.9 Å². The molecule has 0 amide bonds. The lowest BCUT2D eigenvalue weighted by Crippen LogP contribution is -2.52. The predicted octanol–water partition coefficient (Wildman–Crippen LogP) is 4.59. The van der Waals surface area contributed by atoms with E-state index in [2.05, 4.69) is 0 Å². The Balaban J connectivity index is 1.69. The second-order valence-corrected chi connectivity index (χ2v) is 10.1. The Morgan fingerprint density at radius 3 is 2.56 bits per heavy atom. The average Bonchev–Trinajstić information content (AvgIpc) is 3.59. The molecule has 0 bridgehead atoms. The van der Waals surface area contributed by atoms with E-state index in [-0.39, 0.29) is 29.3 Å². The van der Waals surface area contributed by atoms with Crippen molar-refractivity contribution < 1.29 is 23.1 Å². The van der Waals surface area contributed by atoms with Crippen LogP contribution in [0.25, 0.3) is 0 Å². The van der Waals surface area contributed by atoms with Crippen LogP contribution < -0.4 is 10.4 Å². The van der Waals surface area contributed by atoms with Crippen molar-refractivity contribution in [1.82, 2.24) is 4.68 Å². The fraction of sp³-hybridized carbons (Fsp3) is 0.280. The highest BCUT2D eigenvalue weighted by atomic mass is 32.2. The van der Waals surface area contributed by atoms with Crippen molar-refractivity contribution in [3.63, 3.8) is 0 Å². The van der Waals surface area contributed by atoms with Crippen LogP contribution in [-0.2, 0) is 5.75 Å². The van der Waals surface area contributed by atoms with Gasteiger partial charge in [-0.2, -0.15) is 0 Å². The van der Waals surface area contributed by atoms with Gasteiger partial charge in [-0.3, -0.25) is 19.3 Å². The number of halogens is 3. The number of pyridine rings is 1. The van der Waals surface area contributed by atoms with Crippen LogP contribution in [0.1, 0.15) is 51.8 Å². The lowest BCUT2D eigenvalue weighted by atomic mass is 9.89. The molecule has 2 aliphatic heterocycles. The van der Waals surface area contributed by atoms with Crippen molar-refractivity contribution in [3.05, 3.63) is 92.2 Å². The summed E-state index contributed by atoms with van der Waals surface area (Å²) in [4.78, 5) is 26.0. The smallest absolute Gasteiger partial charge is 0.224 e. The molecule has 2 aromatic carbocycles. The van der Waals surface area contributed by atoms with Crippen LogP contribution in [0.5, 0.6) is 5.75 Å². The molecule has 174 valence electrons. The molecule has 0 radical (unpaired) electrons. The fourth-order valence-electron chi connectivity index (χ4n) is 5.23. The Hall–Kier alpha value is -3.20. The fourth-order valence-corrected chi connectivity index (χ4v) is 6.36. The topological polar surface area (TPSA) is 62.5 Å². The molecule has 1 fully saturated rings. The molecule has 0 saturated heterocycles. The number of aryl methyl sites for hydroxylation is 1. The number of thioether (sulfide) groups is 1. The molecule has 1 aromatic heterocycles. The summed E-state index contributed by atoms with van der Waals surface area (Å²) in [6, 6.07) is 7.61. The van der Waals surface area contributed by atoms with E-state index >= 15 is 4.39 Å². The number of hydrogen-bond acceptors (Lipinski definition) is 5. The number of ketones is 1. The highest BCUT2D eigenvalue weighted by molar-refractivity contribution is 7.98. The molecule has 1 unspecified atom stereocenters. The summed E-state index contributed by atoms with van der Waals surface area (Å²) in [5.41, 5.74) is -0.0483. The van der Waals surface area contributed by atoms with Crippen LogP contribution in [0.4, 0.5) is 13.2 Å². The second-order valence-electron chi connectivity index (χ2n) is 9.14. The Kier molecular flexibility index (Phi) is 4.49. The van der Waals surface area contributed by atoms with Crippen molar-refractivity contribution in [2.24, 2.45) is 5.41 Å². The maximum absolute atomic E-state index is 15.0. The molecule has 3 aliphatic rings. The maximum atomic E-state index is 15.0. The summed E-state index contributed by atoms with van der Waals surface area (Å²) in [6.45, 7) is 1.87. The third-order valence-electron chi connectivity index (χ3n) is 7.09. The van der Waals surface area contributed by atoms with Gasteiger partial charge in [-0.05, 0) is 43.0 Å². The van der Waals surface area contributed by atoms with E-state index in [0.717, 1.165) is 17.8 Å². The molecule has 9 heteroatoms. The Labute approximate surface area is 196 Å². The lowest BCUT2D eigenvalue weighted by Gasteiger charge is -2.44. The first-order valence-electron chi connectivity index (χ1n) is 10.9. The molecule has 3 heterocycles. The molecule has 1 saturated carbocycles. The number of nitrogens with zero attached hydrogens (tertiary/aromatic N) is 2. The van der Waals surface area contributed by atoms with E-state index < -0.39 is 40.1 Å². The van der Waals surface area contributed by atoms with E-state index in [4.69, 9.17) is 0 Å². The molecule has 1 spiro atoms. The first-order valence-corrected chi connectivity index (χ1v) is 11.9. The summed E-state index contributed by atoms with van der Waals surface area (Å²) in [7, 11) is 0. The molecule has 34 heavy (non-hydrogen) atoms. The molecule has 5 nitrogen and oxygen atoms in total. The SMILES string of the molecule is Cc1cc(=O)c(O)c2n1N(C1c3ccc(F)c(F)c3CSc3c(F)cccc31)CC1(CC1)C2=O. The number of benzene rings is 2. The summed E-state index contributed by atoms with van der Waals surface area (Å²) in [6.07, 6.45) is 1.15. The largest absolute Gasteiger partial charge is 0.503 e. The van der Waals surface area contributed by atoms with Gasteiger partial charge in [0, 0.05) is 34.5 Å². The summed E-state index contributed by atoms with van der Waals surface area (Å²) in [5.74, 6) is -3.38. The average molecular weight is 484 g/mol. The lowest BCUT2D eigenvalue weighted by molar-refractivity contribution is 0.0855. The van der Waals surface area contributed by atoms with E-state index in [9.17, 15) is 23.5 Å². The number of carbonyl (C=O) groups is 1. The van der Waals surface area contributed by atoms with Gasteiger partial charge in [0.1, 0.15) is 5.82 Å². The van der Waals surface area contributed by atoms with Crippen LogP contribution in [0, 0.1) is 29.8 Å². The van der Waals surface area contributed by atoms with Crippen LogP contribution in [0.2, 0.25) is 0 Å². The van der Waals surface area contributed by atoms with Gasteiger partial charge >= 0.3 is 0 Å². The molecule has 1 aliphatic carbocycles. The van der Waals surface area contributed by atoms with Gasteiger partial charge in [0.05, 0.1) is 11.5 Å².